The molecule has 8 heteroatoms. The molecule has 1 saturated heterocycles. The first-order chi connectivity index (χ1) is 13.8. The summed E-state index contributed by atoms with van der Waals surface area (Å²) < 4.78 is 11.4. The largest absolute Gasteiger partial charge is 0.465 e. The molecule has 0 aromatic carbocycles. The fourth-order valence-electron chi connectivity index (χ4n) is 3.28. The summed E-state index contributed by atoms with van der Waals surface area (Å²) >= 11 is 0. The predicted molar refractivity (Wildman–Crippen MR) is 126 cm³/mol. The molecular weight excluding hydrogens is 481 g/mol. The van der Waals surface area contributed by atoms with Crippen molar-refractivity contribution in [2.75, 3.05) is 45.9 Å². The number of pyridine rings is 1. The topological polar surface area (TPSA) is 74.9 Å². The van der Waals surface area contributed by atoms with Crippen molar-refractivity contribution in [3.8, 4) is 0 Å². The first kappa shape index (κ1) is 23.6. The van der Waals surface area contributed by atoms with Gasteiger partial charge in [0.1, 0.15) is 11.5 Å². The van der Waals surface area contributed by atoms with E-state index in [1.165, 1.54) is 0 Å². The third-order valence-electron chi connectivity index (χ3n) is 4.74. The van der Waals surface area contributed by atoms with Gasteiger partial charge in [0.15, 0.2) is 5.96 Å². The number of guanidine groups is 1. The van der Waals surface area contributed by atoms with Crippen LogP contribution in [0.25, 0.3) is 0 Å². The van der Waals surface area contributed by atoms with E-state index >= 15 is 0 Å². The summed E-state index contributed by atoms with van der Waals surface area (Å²) in [6.45, 7) is 9.57. The van der Waals surface area contributed by atoms with Crippen LogP contribution in [0.3, 0.4) is 0 Å². The van der Waals surface area contributed by atoms with Gasteiger partial charge >= 0.3 is 0 Å². The number of morpholine rings is 1. The number of aromatic nitrogens is 1. The second-order valence-corrected chi connectivity index (χ2v) is 6.83. The molecule has 3 heterocycles. The minimum atomic E-state index is 0. The highest BCUT2D eigenvalue weighted by Crippen LogP contribution is 2.24. The minimum Gasteiger partial charge on any atom is -0.465 e. The van der Waals surface area contributed by atoms with Gasteiger partial charge in [0.2, 0.25) is 0 Å². The highest BCUT2D eigenvalue weighted by atomic mass is 127. The number of halogens is 1. The minimum absolute atomic E-state index is 0. The quantitative estimate of drug-likeness (QED) is 0.322. The molecule has 0 saturated carbocycles. The van der Waals surface area contributed by atoms with E-state index < -0.39 is 0 Å². The summed E-state index contributed by atoms with van der Waals surface area (Å²) in [5.41, 5.74) is 1.07. The monoisotopic (exact) mass is 513 g/mol. The molecule has 0 amide bonds. The zero-order valence-electron chi connectivity index (χ0n) is 17.3. The molecule has 2 N–H and O–H groups in total. The molecule has 0 bridgehead atoms. The molecule has 29 heavy (non-hydrogen) atoms. The zero-order valence-corrected chi connectivity index (χ0v) is 19.6. The maximum Gasteiger partial charge on any atom is 0.191 e. The first-order valence-corrected chi connectivity index (χ1v) is 10.1. The molecule has 0 aliphatic carbocycles. The Labute approximate surface area is 190 Å². The number of ether oxygens (including phenoxy) is 1. The summed E-state index contributed by atoms with van der Waals surface area (Å²) in [6.07, 6.45) is 2.68. The Hall–Kier alpha value is -1.65. The van der Waals surface area contributed by atoms with E-state index in [-0.39, 0.29) is 30.0 Å². The van der Waals surface area contributed by atoms with Gasteiger partial charge in [0, 0.05) is 44.5 Å². The van der Waals surface area contributed by atoms with Crippen molar-refractivity contribution in [2.45, 2.75) is 26.3 Å². The van der Waals surface area contributed by atoms with Crippen LogP contribution in [0.2, 0.25) is 0 Å². The summed E-state index contributed by atoms with van der Waals surface area (Å²) in [4.78, 5) is 11.6. The van der Waals surface area contributed by atoms with Crippen LogP contribution in [0.1, 0.15) is 30.2 Å². The normalized spacial score (nSPS) is 16.1. The van der Waals surface area contributed by atoms with E-state index in [1.807, 2.05) is 37.4 Å². The molecule has 0 spiro atoms. The summed E-state index contributed by atoms with van der Waals surface area (Å²) in [5, 5.41) is 6.74. The smallest absolute Gasteiger partial charge is 0.191 e. The number of hydrogen-bond acceptors (Lipinski definition) is 5. The van der Waals surface area contributed by atoms with Gasteiger partial charge in [-0.25, -0.2) is 0 Å². The lowest BCUT2D eigenvalue weighted by molar-refractivity contribution is 0.0135. The van der Waals surface area contributed by atoms with Gasteiger partial charge in [-0.15, -0.1) is 24.0 Å². The highest BCUT2D eigenvalue weighted by Gasteiger charge is 2.25. The number of hydrogen-bond donors (Lipinski definition) is 2. The van der Waals surface area contributed by atoms with Crippen LogP contribution in [-0.4, -0.2) is 61.8 Å². The molecule has 160 valence electrons. The van der Waals surface area contributed by atoms with Crippen LogP contribution >= 0.6 is 24.0 Å². The Balaban J connectivity index is 0.00000300. The average molecular weight is 513 g/mol. The Kier molecular flexibility index (Phi) is 10.4. The molecule has 1 atom stereocenters. The van der Waals surface area contributed by atoms with Gasteiger partial charge in [-0.3, -0.25) is 14.9 Å². The van der Waals surface area contributed by atoms with Crippen LogP contribution in [0.15, 0.2) is 45.9 Å². The number of aryl methyl sites for hydroxylation is 1. The standard InChI is InChI=1S/C21H31N5O2.HI/c1-3-22-21(24-11-9-18-6-4-5-10-23-18)25-16-19(20-8-7-17(2)28-20)26-12-14-27-15-13-26;/h4-8,10,19H,3,9,11-16H2,1-2H3,(H2,22,24,25);1H. The SMILES string of the molecule is CCNC(=NCC(c1ccc(C)o1)N1CCOCC1)NCCc1ccccn1.I. The van der Waals surface area contributed by atoms with Gasteiger partial charge in [-0.05, 0) is 38.1 Å². The van der Waals surface area contributed by atoms with Crippen LogP contribution in [0.4, 0.5) is 0 Å². The molecule has 2 aromatic heterocycles. The third-order valence-corrected chi connectivity index (χ3v) is 4.74. The number of furan rings is 1. The molecule has 1 fully saturated rings. The lowest BCUT2D eigenvalue weighted by atomic mass is 10.1. The van der Waals surface area contributed by atoms with Crippen molar-refractivity contribution in [1.82, 2.24) is 20.5 Å². The maximum atomic E-state index is 5.93. The van der Waals surface area contributed by atoms with Crippen molar-refractivity contribution < 1.29 is 9.15 Å². The van der Waals surface area contributed by atoms with Crippen LogP contribution in [0, 0.1) is 6.92 Å². The second-order valence-electron chi connectivity index (χ2n) is 6.83. The summed E-state index contributed by atoms with van der Waals surface area (Å²) in [5.74, 6) is 2.71. The van der Waals surface area contributed by atoms with Crippen LogP contribution < -0.4 is 10.6 Å². The van der Waals surface area contributed by atoms with Gasteiger partial charge in [0.05, 0.1) is 25.8 Å². The average Bonchev–Trinajstić information content (AvgIpc) is 3.16. The third kappa shape index (κ3) is 7.60. The molecule has 1 aliphatic heterocycles. The molecule has 1 unspecified atom stereocenters. The van der Waals surface area contributed by atoms with Crippen LogP contribution in [0.5, 0.6) is 0 Å². The zero-order chi connectivity index (χ0) is 19.6. The Bertz CT molecular complexity index is 732. The second kappa shape index (κ2) is 12.8. The van der Waals surface area contributed by atoms with E-state index in [0.717, 1.165) is 69.0 Å². The van der Waals surface area contributed by atoms with Crippen LogP contribution in [-0.2, 0) is 11.2 Å². The van der Waals surface area contributed by atoms with Crippen molar-refractivity contribution in [3.63, 3.8) is 0 Å². The van der Waals surface area contributed by atoms with Gasteiger partial charge in [0.25, 0.3) is 0 Å². The number of aliphatic imine (C=N–C) groups is 1. The lowest BCUT2D eigenvalue weighted by Gasteiger charge is -2.32. The molecule has 7 nitrogen and oxygen atoms in total. The number of nitrogens with zero attached hydrogens (tertiary/aromatic N) is 3. The van der Waals surface area contributed by atoms with Gasteiger partial charge in [-0.1, -0.05) is 6.07 Å². The van der Waals surface area contributed by atoms with E-state index in [0.29, 0.717) is 6.54 Å². The molecule has 3 rings (SSSR count). The van der Waals surface area contributed by atoms with E-state index in [9.17, 15) is 0 Å². The molecule has 0 radical (unpaired) electrons. The predicted octanol–water partition coefficient (Wildman–Crippen LogP) is 2.77. The van der Waals surface area contributed by atoms with E-state index in [2.05, 4.69) is 33.5 Å². The summed E-state index contributed by atoms with van der Waals surface area (Å²) in [7, 11) is 0. The Morgan fingerprint density at radius 1 is 1.21 bits per heavy atom. The van der Waals surface area contributed by atoms with Gasteiger partial charge in [-0.2, -0.15) is 0 Å². The Morgan fingerprint density at radius 2 is 2.03 bits per heavy atom. The van der Waals surface area contributed by atoms with Crippen molar-refractivity contribution in [2.24, 2.45) is 4.99 Å². The lowest BCUT2D eigenvalue weighted by Crippen LogP contribution is -2.42. The summed E-state index contributed by atoms with van der Waals surface area (Å²) in [6, 6.07) is 10.2. The number of rotatable bonds is 8. The molecular formula is C21H32IN5O2. The Morgan fingerprint density at radius 3 is 2.69 bits per heavy atom. The van der Waals surface area contributed by atoms with Crippen molar-refractivity contribution >= 4 is 29.9 Å². The number of nitrogens with one attached hydrogen (secondary N) is 2. The molecule has 2 aromatic rings. The van der Waals surface area contributed by atoms with E-state index in [4.69, 9.17) is 14.1 Å². The highest BCUT2D eigenvalue weighted by molar-refractivity contribution is 14.0. The molecule has 1 aliphatic rings. The van der Waals surface area contributed by atoms with E-state index in [1.54, 1.807) is 0 Å². The van der Waals surface area contributed by atoms with Crippen molar-refractivity contribution in [3.05, 3.63) is 53.7 Å². The fraction of sp³-hybridized carbons (Fsp3) is 0.524. The fourth-order valence-corrected chi connectivity index (χ4v) is 3.28. The first-order valence-electron chi connectivity index (χ1n) is 10.1. The van der Waals surface area contributed by atoms with Crippen molar-refractivity contribution in [1.29, 1.82) is 0 Å². The van der Waals surface area contributed by atoms with Gasteiger partial charge < -0.3 is 19.8 Å². The maximum absolute atomic E-state index is 5.93.